The van der Waals surface area contributed by atoms with E-state index in [0.717, 1.165) is 5.56 Å². The van der Waals surface area contributed by atoms with Crippen molar-refractivity contribution in [1.29, 1.82) is 0 Å². The molecule has 3 N–H and O–H groups in total. The predicted molar refractivity (Wildman–Crippen MR) is 119 cm³/mol. The first-order valence-corrected chi connectivity index (χ1v) is 11.6. The molecule has 10 nitrogen and oxygen atoms in total. The maximum absolute atomic E-state index is 13.0. The summed E-state index contributed by atoms with van der Waals surface area (Å²) in [5.74, 6) is -0.328. The van der Waals surface area contributed by atoms with Gasteiger partial charge in [-0.05, 0) is 44.0 Å². The van der Waals surface area contributed by atoms with Crippen LogP contribution in [0.5, 0.6) is 5.88 Å². The summed E-state index contributed by atoms with van der Waals surface area (Å²) in [7, 11) is -2.14. The molecule has 2 aliphatic heterocycles. The van der Waals surface area contributed by atoms with E-state index in [0.29, 0.717) is 29.4 Å². The highest BCUT2D eigenvalue weighted by molar-refractivity contribution is 7.93. The molecule has 0 fully saturated rings. The zero-order valence-corrected chi connectivity index (χ0v) is 19.1. The molecule has 32 heavy (non-hydrogen) atoms. The number of nitrogens with zero attached hydrogens (tertiary/aromatic N) is 3. The van der Waals surface area contributed by atoms with Crippen molar-refractivity contribution in [3.05, 3.63) is 46.9 Å². The Labute approximate surface area is 186 Å². The van der Waals surface area contributed by atoms with Crippen LogP contribution in [0.25, 0.3) is 0 Å². The quantitative estimate of drug-likeness (QED) is 0.699. The van der Waals surface area contributed by atoms with Crippen LogP contribution >= 0.6 is 0 Å². The molecular weight excluding hydrogens is 434 g/mol. The van der Waals surface area contributed by atoms with E-state index in [1.807, 2.05) is 0 Å². The number of aliphatic imine (C=N–C) groups is 1. The smallest absolute Gasteiger partial charge is 0.276 e. The standard InChI is InChI=1S/C21H25N5O5S/c1-12-17(23-8-16(24-12)30-4)18(27)25-14-6-5-13-9-31-10-21(15(13)7-14)11-32(28,29)20(2,3)19(22)26-21/h5-8H,9-11H2,1-4H3,(H2,22,26)(H,25,27)/t21-/m0/s1. The number of nitrogens with two attached hydrogens (primary N) is 1. The number of amidine groups is 1. The van der Waals surface area contributed by atoms with Gasteiger partial charge in [0.2, 0.25) is 5.88 Å². The third kappa shape index (κ3) is 3.51. The first-order valence-electron chi connectivity index (χ1n) is 9.97. The Balaban J connectivity index is 1.72. The number of carbonyl (C=O) groups excluding carboxylic acids is 1. The fraction of sp³-hybridized carbons (Fsp3) is 0.429. The molecule has 4 rings (SSSR count). The number of hydrogen-bond acceptors (Lipinski definition) is 9. The number of benzene rings is 1. The molecule has 1 amide bonds. The molecule has 1 aromatic carbocycles. The van der Waals surface area contributed by atoms with Crippen molar-refractivity contribution in [3.63, 3.8) is 0 Å². The van der Waals surface area contributed by atoms with Crippen molar-refractivity contribution in [3.8, 4) is 5.88 Å². The number of sulfone groups is 1. The van der Waals surface area contributed by atoms with Crippen LogP contribution in [-0.4, -0.2) is 54.3 Å². The molecule has 170 valence electrons. The molecule has 1 spiro atoms. The molecule has 3 heterocycles. The van der Waals surface area contributed by atoms with Crippen LogP contribution in [0.1, 0.15) is 41.2 Å². The minimum absolute atomic E-state index is 0.0405. The second kappa shape index (κ2) is 7.52. The largest absolute Gasteiger partial charge is 0.480 e. The average molecular weight is 460 g/mol. The number of anilines is 1. The second-order valence-electron chi connectivity index (χ2n) is 8.46. The number of hydrogen-bond donors (Lipinski definition) is 2. The first-order chi connectivity index (χ1) is 15.0. The van der Waals surface area contributed by atoms with Gasteiger partial charge < -0.3 is 20.5 Å². The third-order valence-electron chi connectivity index (χ3n) is 5.97. The highest BCUT2D eigenvalue weighted by Crippen LogP contribution is 2.42. The van der Waals surface area contributed by atoms with Crippen LogP contribution in [0, 0.1) is 6.92 Å². The van der Waals surface area contributed by atoms with E-state index in [2.05, 4.69) is 20.3 Å². The van der Waals surface area contributed by atoms with Gasteiger partial charge in [0.25, 0.3) is 5.91 Å². The van der Waals surface area contributed by atoms with Crippen molar-refractivity contribution in [2.45, 2.75) is 37.7 Å². The maximum Gasteiger partial charge on any atom is 0.276 e. The maximum atomic E-state index is 13.0. The zero-order valence-electron chi connectivity index (χ0n) is 18.3. The second-order valence-corrected chi connectivity index (χ2v) is 11.0. The summed E-state index contributed by atoms with van der Waals surface area (Å²) in [6, 6.07) is 5.24. The summed E-state index contributed by atoms with van der Waals surface area (Å²) in [5.41, 5.74) is 7.45. The number of ether oxygens (including phenoxy) is 2. The van der Waals surface area contributed by atoms with Crippen molar-refractivity contribution < 1.29 is 22.7 Å². The summed E-state index contributed by atoms with van der Waals surface area (Å²) in [4.78, 5) is 25.7. The van der Waals surface area contributed by atoms with Gasteiger partial charge in [-0.25, -0.2) is 18.4 Å². The van der Waals surface area contributed by atoms with Gasteiger partial charge in [-0.3, -0.25) is 9.79 Å². The summed E-state index contributed by atoms with van der Waals surface area (Å²) < 4.78 is 35.5. The van der Waals surface area contributed by atoms with E-state index in [1.165, 1.54) is 13.3 Å². The summed E-state index contributed by atoms with van der Waals surface area (Å²) in [6.45, 7) is 5.15. The highest BCUT2D eigenvalue weighted by atomic mass is 32.2. The van der Waals surface area contributed by atoms with E-state index in [1.54, 1.807) is 39.0 Å². The van der Waals surface area contributed by atoms with Crippen molar-refractivity contribution in [1.82, 2.24) is 9.97 Å². The zero-order chi connectivity index (χ0) is 23.3. The number of amides is 1. The highest BCUT2D eigenvalue weighted by Gasteiger charge is 2.52. The van der Waals surface area contributed by atoms with E-state index in [4.69, 9.17) is 15.2 Å². The lowest BCUT2D eigenvalue weighted by molar-refractivity contribution is 0.0610. The molecule has 11 heteroatoms. The summed E-state index contributed by atoms with van der Waals surface area (Å²) >= 11 is 0. The lowest BCUT2D eigenvalue weighted by Gasteiger charge is -2.42. The van der Waals surface area contributed by atoms with Gasteiger partial charge in [-0.2, -0.15) is 0 Å². The molecule has 0 saturated carbocycles. The van der Waals surface area contributed by atoms with Crippen LogP contribution in [-0.2, 0) is 26.7 Å². The van der Waals surface area contributed by atoms with Crippen LogP contribution in [0.2, 0.25) is 0 Å². The molecule has 1 aromatic heterocycles. The minimum Gasteiger partial charge on any atom is -0.480 e. The molecule has 2 aliphatic rings. The van der Waals surface area contributed by atoms with E-state index < -0.39 is 26.0 Å². The van der Waals surface area contributed by atoms with Crippen LogP contribution in [0.4, 0.5) is 5.69 Å². The molecule has 2 aromatic rings. The lowest BCUT2D eigenvalue weighted by Crippen LogP contribution is -2.57. The van der Waals surface area contributed by atoms with Crippen LogP contribution in [0.15, 0.2) is 29.4 Å². The number of nitrogens with one attached hydrogen (secondary N) is 1. The molecule has 0 radical (unpaired) electrons. The molecule has 0 saturated heterocycles. The molecule has 0 bridgehead atoms. The van der Waals surface area contributed by atoms with Crippen molar-refractivity contribution in [2.24, 2.45) is 10.7 Å². The molecular formula is C21H25N5O5S. The van der Waals surface area contributed by atoms with Crippen LogP contribution < -0.4 is 15.8 Å². The Morgan fingerprint density at radius 3 is 2.72 bits per heavy atom. The number of aryl methyl sites for hydroxylation is 1. The number of aromatic nitrogens is 2. The van der Waals surface area contributed by atoms with E-state index in [-0.39, 0.29) is 23.9 Å². The van der Waals surface area contributed by atoms with Crippen molar-refractivity contribution in [2.75, 3.05) is 24.8 Å². The lowest BCUT2D eigenvalue weighted by atomic mass is 9.86. The predicted octanol–water partition coefficient (Wildman–Crippen LogP) is 1.34. The van der Waals surface area contributed by atoms with Gasteiger partial charge in [-0.15, -0.1) is 0 Å². The topological polar surface area (TPSA) is 146 Å². The first kappa shape index (κ1) is 22.2. The Morgan fingerprint density at radius 1 is 1.31 bits per heavy atom. The fourth-order valence-electron chi connectivity index (χ4n) is 3.86. The van der Waals surface area contributed by atoms with Gasteiger partial charge in [0.1, 0.15) is 21.8 Å². The van der Waals surface area contributed by atoms with Crippen molar-refractivity contribution >= 4 is 27.3 Å². The average Bonchev–Trinajstić information content (AvgIpc) is 2.72. The van der Waals surface area contributed by atoms with Gasteiger partial charge in [0.15, 0.2) is 9.84 Å². The SMILES string of the molecule is COc1cnc(C(=O)Nc2ccc3c(c2)[C@]2(COC3)CS(=O)(=O)C(C)(C)C(N)=N2)c(C)n1. The van der Waals surface area contributed by atoms with Gasteiger partial charge in [0, 0.05) is 5.69 Å². The van der Waals surface area contributed by atoms with Gasteiger partial charge >= 0.3 is 0 Å². The van der Waals surface area contributed by atoms with Gasteiger partial charge in [0.05, 0.1) is 38.0 Å². The Bertz CT molecular complexity index is 1240. The Kier molecular flexibility index (Phi) is 5.21. The molecule has 1 atom stereocenters. The monoisotopic (exact) mass is 459 g/mol. The number of fused-ring (bicyclic) bond motifs is 2. The van der Waals surface area contributed by atoms with E-state index in [9.17, 15) is 13.2 Å². The Hall–Kier alpha value is -3.05. The normalized spacial score (nSPS) is 23.2. The van der Waals surface area contributed by atoms with Crippen LogP contribution in [0.3, 0.4) is 0 Å². The van der Waals surface area contributed by atoms with E-state index >= 15 is 0 Å². The number of rotatable bonds is 3. The summed E-state index contributed by atoms with van der Waals surface area (Å²) in [5, 5.41) is 2.80. The third-order valence-corrected chi connectivity index (χ3v) is 8.60. The fourth-order valence-corrected chi connectivity index (χ4v) is 5.51. The minimum atomic E-state index is -3.61. The molecule has 0 unspecified atom stereocenters. The Morgan fingerprint density at radius 2 is 2.06 bits per heavy atom. The molecule has 0 aliphatic carbocycles. The number of methoxy groups -OCH3 is 1. The summed E-state index contributed by atoms with van der Waals surface area (Å²) in [6.07, 6.45) is 1.37. The van der Waals surface area contributed by atoms with Gasteiger partial charge in [-0.1, -0.05) is 6.07 Å². The number of carbonyl (C=O) groups is 1.